The van der Waals surface area contributed by atoms with Gasteiger partial charge in [-0.15, -0.1) is 0 Å². The first-order valence-corrected chi connectivity index (χ1v) is 13.1. The minimum atomic E-state index is -0.650. The molecular formula is C25H33ClN4O2S. The van der Waals surface area contributed by atoms with E-state index in [1.807, 2.05) is 18.4 Å². The van der Waals surface area contributed by atoms with Crippen molar-refractivity contribution in [2.24, 2.45) is 0 Å². The third-order valence-corrected chi connectivity index (χ3v) is 6.95. The molecule has 0 bridgehead atoms. The minimum absolute atomic E-state index is 0.229. The van der Waals surface area contributed by atoms with Crippen molar-refractivity contribution in [3.8, 4) is 0 Å². The smallest absolute Gasteiger partial charge is 0.253 e. The third-order valence-electron chi connectivity index (χ3n) is 5.98. The monoisotopic (exact) mass is 488 g/mol. The summed E-state index contributed by atoms with van der Waals surface area (Å²) in [4.78, 5) is 30.6. The Morgan fingerprint density at radius 1 is 1.12 bits per heavy atom. The number of carbonyl (C=O) groups is 2. The number of piperazine rings is 1. The molecular weight excluding hydrogens is 456 g/mol. The van der Waals surface area contributed by atoms with Crippen LogP contribution in [-0.4, -0.2) is 67.5 Å². The van der Waals surface area contributed by atoms with E-state index in [1.165, 1.54) is 5.69 Å². The van der Waals surface area contributed by atoms with E-state index < -0.39 is 6.04 Å². The van der Waals surface area contributed by atoms with Crippen molar-refractivity contribution in [2.45, 2.75) is 26.3 Å². The van der Waals surface area contributed by atoms with E-state index >= 15 is 0 Å². The average Bonchev–Trinajstić information content (AvgIpc) is 2.82. The summed E-state index contributed by atoms with van der Waals surface area (Å²) in [5.74, 6) is 0.176. The summed E-state index contributed by atoms with van der Waals surface area (Å²) in [6, 6.07) is 12.2. The zero-order valence-corrected chi connectivity index (χ0v) is 21.1. The molecule has 8 heteroatoms. The first-order chi connectivity index (χ1) is 15.9. The van der Waals surface area contributed by atoms with Crippen molar-refractivity contribution in [1.29, 1.82) is 0 Å². The molecule has 2 aromatic rings. The first kappa shape index (κ1) is 25.4. The second kappa shape index (κ2) is 12.3. The molecule has 1 heterocycles. The van der Waals surface area contributed by atoms with Crippen molar-refractivity contribution in [2.75, 3.05) is 54.9 Å². The SMILES string of the molecule is CCN1CCN(c2ccc(NC(=O)C(CCSC)NC(=O)c3ccccc3Cl)cc2C)CC1. The van der Waals surface area contributed by atoms with Crippen molar-refractivity contribution in [3.63, 3.8) is 0 Å². The summed E-state index contributed by atoms with van der Waals surface area (Å²) in [5, 5.41) is 6.21. The lowest BCUT2D eigenvalue weighted by Gasteiger charge is -2.36. The van der Waals surface area contributed by atoms with Crippen LogP contribution in [0.4, 0.5) is 11.4 Å². The quantitative estimate of drug-likeness (QED) is 0.551. The number of halogens is 1. The second-order valence-electron chi connectivity index (χ2n) is 8.20. The number of likely N-dealkylation sites (N-methyl/N-ethyl adjacent to an activating group) is 1. The Morgan fingerprint density at radius 3 is 2.48 bits per heavy atom. The Morgan fingerprint density at radius 2 is 1.85 bits per heavy atom. The van der Waals surface area contributed by atoms with Crippen molar-refractivity contribution < 1.29 is 9.59 Å². The molecule has 1 aliphatic heterocycles. The van der Waals surface area contributed by atoms with Gasteiger partial charge in [0.25, 0.3) is 5.91 Å². The van der Waals surface area contributed by atoms with Gasteiger partial charge in [-0.2, -0.15) is 11.8 Å². The van der Waals surface area contributed by atoms with Gasteiger partial charge in [-0.25, -0.2) is 0 Å². The fraction of sp³-hybridized carbons (Fsp3) is 0.440. The molecule has 2 amide bonds. The average molecular weight is 489 g/mol. The van der Waals surface area contributed by atoms with E-state index in [9.17, 15) is 9.59 Å². The highest BCUT2D eigenvalue weighted by Gasteiger charge is 2.23. The lowest BCUT2D eigenvalue weighted by molar-refractivity contribution is -0.118. The summed E-state index contributed by atoms with van der Waals surface area (Å²) < 4.78 is 0. The zero-order valence-electron chi connectivity index (χ0n) is 19.6. The molecule has 1 fully saturated rings. The normalized spacial score (nSPS) is 15.2. The van der Waals surface area contributed by atoms with E-state index in [-0.39, 0.29) is 11.8 Å². The summed E-state index contributed by atoms with van der Waals surface area (Å²) in [6.45, 7) is 9.50. The molecule has 33 heavy (non-hydrogen) atoms. The van der Waals surface area contributed by atoms with Gasteiger partial charge in [0.1, 0.15) is 6.04 Å². The molecule has 6 nitrogen and oxygen atoms in total. The number of benzene rings is 2. The highest BCUT2D eigenvalue weighted by molar-refractivity contribution is 7.98. The van der Waals surface area contributed by atoms with Gasteiger partial charge in [-0.3, -0.25) is 9.59 Å². The maximum Gasteiger partial charge on any atom is 0.253 e. The minimum Gasteiger partial charge on any atom is -0.369 e. The number of amides is 2. The number of rotatable bonds is 9. The van der Waals surface area contributed by atoms with Gasteiger partial charge in [0, 0.05) is 37.6 Å². The van der Waals surface area contributed by atoms with Crippen LogP contribution in [0.5, 0.6) is 0 Å². The van der Waals surface area contributed by atoms with Gasteiger partial charge in [0.15, 0.2) is 0 Å². The Balaban J connectivity index is 1.67. The number of anilines is 2. The largest absolute Gasteiger partial charge is 0.369 e. The summed E-state index contributed by atoms with van der Waals surface area (Å²) in [5.41, 5.74) is 3.42. The van der Waals surface area contributed by atoms with E-state index in [0.717, 1.165) is 49.7 Å². The van der Waals surface area contributed by atoms with Gasteiger partial charge in [-0.05, 0) is 67.8 Å². The summed E-state index contributed by atoms with van der Waals surface area (Å²) in [6.07, 6.45) is 2.51. The highest BCUT2D eigenvalue weighted by Crippen LogP contribution is 2.25. The lowest BCUT2D eigenvalue weighted by Crippen LogP contribution is -2.46. The predicted molar refractivity (Wildman–Crippen MR) is 140 cm³/mol. The van der Waals surface area contributed by atoms with E-state index in [4.69, 9.17) is 11.6 Å². The molecule has 0 spiro atoms. The van der Waals surface area contributed by atoms with Crippen LogP contribution >= 0.6 is 23.4 Å². The van der Waals surface area contributed by atoms with Crippen LogP contribution in [0.15, 0.2) is 42.5 Å². The molecule has 1 unspecified atom stereocenters. The summed E-state index contributed by atoms with van der Waals surface area (Å²) >= 11 is 7.79. The maximum absolute atomic E-state index is 13.1. The molecule has 0 aromatic heterocycles. The van der Waals surface area contributed by atoms with Crippen LogP contribution in [0.25, 0.3) is 0 Å². The first-order valence-electron chi connectivity index (χ1n) is 11.4. The number of aryl methyl sites for hydroxylation is 1. The second-order valence-corrected chi connectivity index (χ2v) is 9.59. The fourth-order valence-electron chi connectivity index (χ4n) is 4.01. The van der Waals surface area contributed by atoms with Crippen molar-refractivity contribution in [1.82, 2.24) is 10.2 Å². The van der Waals surface area contributed by atoms with Crippen LogP contribution in [0.2, 0.25) is 5.02 Å². The van der Waals surface area contributed by atoms with Crippen LogP contribution in [0.1, 0.15) is 29.3 Å². The Labute approximate surface area is 206 Å². The van der Waals surface area contributed by atoms with Gasteiger partial charge < -0.3 is 20.4 Å². The molecule has 0 radical (unpaired) electrons. The molecule has 0 aliphatic carbocycles. The molecule has 1 atom stereocenters. The summed E-state index contributed by atoms with van der Waals surface area (Å²) in [7, 11) is 0. The zero-order chi connectivity index (χ0) is 23.8. The van der Waals surface area contributed by atoms with E-state index in [2.05, 4.69) is 40.3 Å². The van der Waals surface area contributed by atoms with Gasteiger partial charge in [0.05, 0.1) is 10.6 Å². The standard InChI is InChI=1S/C25H33ClN4O2S/c1-4-29-12-14-30(15-13-29)23-10-9-19(17-18(23)2)27-25(32)22(11-16-33-3)28-24(31)20-7-5-6-8-21(20)26/h5-10,17,22H,4,11-16H2,1-3H3,(H,27,32)(H,28,31). The van der Waals surface area contributed by atoms with Crippen LogP contribution in [0, 0.1) is 6.92 Å². The number of thioether (sulfide) groups is 1. The third kappa shape index (κ3) is 6.88. The van der Waals surface area contributed by atoms with E-state index in [0.29, 0.717) is 17.0 Å². The highest BCUT2D eigenvalue weighted by atomic mass is 35.5. The number of nitrogens with zero attached hydrogens (tertiary/aromatic N) is 2. The Bertz CT molecular complexity index is 963. The molecule has 0 saturated carbocycles. The van der Waals surface area contributed by atoms with Gasteiger partial charge in [0.2, 0.25) is 5.91 Å². The molecule has 2 aromatic carbocycles. The topological polar surface area (TPSA) is 64.7 Å². The molecule has 1 aliphatic rings. The molecule has 2 N–H and O–H groups in total. The van der Waals surface area contributed by atoms with E-state index in [1.54, 1.807) is 36.0 Å². The van der Waals surface area contributed by atoms with Crippen molar-refractivity contribution >= 4 is 46.6 Å². The van der Waals surface area contributed by atoms with Crippen LogP contribution < -0.4 is 15.5 Å². The number of nitrogens with one attached hydrogen (secondary N) is 2. The maximum atomic E-state index is 13.1. The van der Waals surface area contributed by atoms with Crippen molar-refractivity contribution in [3.05, 3.63) is 58.6 Å². The number of carbonyl (C=O) groups excluding carboxylic acids is 2. The lowest BCUT2D eigenvalue weighted by atomic mass is 10.1. The fourth-order valence-corrected chi connectivity index (χ4v) is 4.70. The Hall–Kier alpha value is -2.22. The predicted octanol–water partition coefficient (Wildman–Crippen LogP) is 4.28. The van der Waals surface area contributed by atoms with Crippen LogP contribution in [0.3, 0.4) is 0 Å². The van der Waals surface area contributed by atoms with Crippen LogP contribution in [-0.2, 0) is 4.79 Å². The van der Waals surface area contributed by atoms with Gasteiger partial charge >= 0.3 is 0 Å². The number of hydrogen-bond donors (Lipinski definition) is 2. The van der Waals surface area contributed by atoms with Gasteiger partial charge in [-0.1, -0.05) is 30.7 Å². The molecule has 1 saturated heterocycles. The molecule has 3 rings (SSSR count). The Kier molecular flexibility index (Phi) is 9.47. The number of hydrogen-bond acceptors (Lipinski definition) is 5. The molecule has 178 valence electrons.